The number of hydrazine groups is 1. The van der Waals surface area contributed by atoms with Crippen molar-refractivity contribution in [2.24, 2.45) is 5.84 Å². The summed E-state index contributed by atoms with van der Waals surface area (Å²) in [7, 11) is -3.63. The maximum Gasteiger partial charge on any atom is 0.243 e. The molecule has 0 fully saturated rings. The van der Waals surface area contributed by atoms with Gasteiger partial charge >= 0.3 is 0 Å². The Labute approximate surface area is 105 Å². The van der Waals surface area contributed by atoms with Crippen LogP contribution in [0, 0.1) is 0 Å². The number of para-hydroxylation sites is 1. The SMILES string of the molecule is NNc1ccccc1S(=O)(=O)NCc1ccco1. The Kier molecular flexibility index (Phi) is 3.66. The van der Waals surface area contributed by atoms with Crippen LogP contribution in [0.25, 0.3) is 0 Å². The summed E-state index contributed by atoms with van der Waals surface area (Å²) in [6.07, 6.45) is 1.49. The van der Waals surface area contributed by atoms with Gasteiger partial charge in [0.2, 0.25) is 10.0 Å². The van der Waals surface area contributed by atoms with E-state index in [0.29, 0.717) is 11.4 Å². The van der Waals surface area contributed by atoms with E-state index in [9.17, 15) is 8.42 Å². The minimum absolute atomic E-state index is 0.0915. The van der Waals surface area contributed by atoms with Crippen LogP contribution in [0.3, 0.4) is 0 Å². The fourth-order valence-corrected chi connectivity index (χ4v) is 2.64. The van der Waals surface area contributed by atoms with Gasteiger partial charge in [0, 0.05) is 0 Å². The third kappa shape index (κ3) is 2.70. The summed E-state index contributed by atoms with van der Waals surface area (Å²) in [6, 6.07) is 9.76. The highest BCUT2D eigenvalue weighted by Crippen LogP contribution is 2.19. The molecule has 0 radical (unpaired) electrons. The molecule has 0 aliphatic carbocycles. The second-order valence-electron chi connectivity index (χ2n) is 3.54. The zero-order valence-corrected chi connectivity index (χ0v) is 10.3. The molecule has 0 atom stereocenters. The van der Waals surface area contributed by atoms with Gasteiger partial charge in [-0.3, -0.25) is 5.84 Å². The van der Waals surface area contributed by atoms with E-state index in [2.05, 4.69) is 10.1 Å². The number of nitrogen functional groups attached to an aromatic ring is 1. The molecule has 2 rings (SSSR count). The summed E-state index contributed by atoms with van der Waals surface area (Å²) in [6.45, 7) is 0.0915. The van der Waals surface area contributed by atoms with Crippen molar-refractivity contribution >= 4 is 15.7 Å². The minimum Gasteiger partial charge on any atom is -0.468 e. The molecule has 7 heteroatoms. The highest BCUT2D eigenvalue weighted by atomic mass is 32.2. The van der Waals surface area contributed by atoms with Gasteiger partial charge in [0.05, 0.1) is 18.5 Å². The van der Waals surface area contributed by atoms with Crippen LogP contribution in [0.2, 0.25) is 0 Å². The van der Waals surface area contributed by atoms with E-state index in [-0.39, 0.29) is 11.4 Å². The Morgan fingerprint density at radius 1 is 1.17 bits per heavy atom. The molecule has 0 amide bonds. The Morgan fingerprint density at radius 3 is 2.61 bits per heavy atom. The quantitative estimate of drug-likeness (QED) is 0.555. The fourth-order valence-electron chi connectivity index (χ4n) is 1.48. The van der Waals surface area contributed by atoms with Gasteiger partial charge in [-0.2, -0.15) is 0 Å². The average molecular weight is 267 g/mol. The summed E-state index contributed by atoms with van der Waals surface area (Å²) in [4.78, 5) is 0.0963. The van der Waals surface area contributed by atoms with Crippen molar-refractivity contribution in [2.75, 3.05) is 5.43 Å². The lowest BCUT2D eigenvalue weighted by molar-refractivity contribution is 0.498. The van der Waals surface area contributed by atoms with E-state index in [1.807, 2.05) is 0 Å². The molecule has 0 spiro atoms. The number of hydrogen-bond acceptors (Lipinski definition) is 5. The van der Waals surface area contributed by atoms with Crippen LogP contribution in [-0.2, 0) is 16.6 Å². The molecule has 6 nitrogen and oxygen atoms in total. The number of anilines is 1. The molecule has 2 aromatic rings. The van der Waals surface area contributed by atoms with E-state index in [0.717, 1.165) is 0 Å². The Bertz CT molecular complexity index is 608. The van der Waals surface area contributed by atoms with Gasteiger partial charge < -0.3 is 9.84 Å². The van der Waals surface area contributed by atoms with Gasteiger partial charge in [0.1, 0.15) is 10.7 Å². The number of benzene rings is 1. The summed E-state index contributed by atoms with van der Waals surface area (Å²) in [5.74, 6) is 5.82. The third-order valence-corrected chi connectivity index (χ3v) is 3.81. The minimum atomic E-state index is -3.63. The Hall–Kier alpha value is -1.83. The first-order valence-electron chi connectivity index (χ1n) is 5.21. The van der Waals surface area contributed by atoms with Gasteiger partial charge in [-0.15, -0.1) is 0 Å². The molecule has 0 aliphatic heterocycles. The smallest absolute Gasteiger partial charge is 0.243 e. The second kappa shape index (κ2) is 5.21. The Morgan fingerprint density at radius 2 is 1.94 bits per heavy atom. The van der Waals surface area contributed by atoms with E-state index < -0.39 is 10.0 Å². The van der Waals surface area contributed by atoms with E-state index in [4.69, 9.17) is 10.3 Å². The summed E-state index contributed by atoms with van der Waals surface area (Å²) >= 11 is 0. The molecule has 0 aliphatic rings. The van der Waals surface area contributed by atoms with Gasteiger partial charge in [-0.25, -0.2) is 13.1 Å². The normalized spacial score (nSPS) is 11.4. The zero-order chi connectivity index (χ0) is 13.0. The molecule has 0 bridgehead atoms. The van der Waals surface area contributed by atoms with Gasteiger partial charge in [0.15, 0.2) is 0 Å². The number of nitrogens with one attached hydrogen (secondary N) is 2. The van der Waals surface area contributed by atoms with Crippen molar-refractivity contribution in [1.82, 2.24) is 4.72 Å². The molecule has 0 saturated heterocycles. The molecule has 18 heavy (non-hydrogen) atoms. The van der Waals surface area contributed by atoms with Crippen LogP contribution < -0.4 is 16.0 Å². The summed E-state index contributed by atoms with van der Waals surface area (Å²) in [5.41, 5.74) is 2.69. The lowest BCUT2D eigenvalue weighted by atomic mass is 10.3. The lowest BCUT2D eigenvalue weighted by Crippen LogP contribution is -2.24. The van der Waals surface area contributed by atoms with Crippen LogP contribution in [0.15, 0.2) is 52.0 Å². The molecular weight excluding hydrogens is 254 g/mol. The molecule has 0 unspecified atom stereocenters. The third-order valence-electron chi connectivity index (χ3n) is 2.35. The second-order valence-corrected chi connectivity index (χ2v) is 5.28. The van der Waals surface area contributed by atoms with Crippen LogP contribution in [0.1, 0.15) is 5.76 Å². The summed E-state index contributed by atoms with van der Waals surface area (Å²) in [5, 5.41) is 0. The van der Waals surface area contributed by atoms with Crippen LogP contribution in [-0.4, -0.2) is 8.42 Å². The number of hydrogen-bond donors (Lipinski definition) is 3. The zero-order valence-electron chi connectivity index (χ0n) is 9.46. The van der Waals surface area contributed by atoms with Crippen LogP contribution >= 0.6 is 0 Å². The number of sulfonamides is 1. The molecule has 0 saturated carbocycles. The Balaban J connectivity index is 2.20. The van der Waals surface area contributed by atoms with E-state index in [1.165, 1.54) is 12.3 Å². The van der Waals surface area contributed by atoms with Crippen molar-refractivity contribution in [1.29, 1.82) is 0 Å². The summed E-state index contributed by atoms with van der Waals surface area (Å²) < 4.78 is 31.6. The standard InChI is InChI=1S/C11H13N3O3S/c12-14-10-5-1-2-6-11(10)18(15,16)13-8-9-4-3-7-17-9/h1-7,13-14H,8,12H2. The van der Waals surface area contributed by atoms with Crippen molar-refractivity contribution in [3.05, 3.63) is 48.4 Å². The first-order chi connectivity index (χ1) is 8.63. The van der Waals surface area contributed by atoms with Crippen molar-refractivity contribution in [3.8, 4) is 0 Å². The molecule has 1 heterocycles. The monoisotopic (exact) mass is 267 g/mol. The molecular formula is C11H13N3O3S. The maximum absolute atomic E-state index is 12.1. The van der Waals surface area contributed by atoms with Crippen molar-refractivity contribution < 1.29 is 12.8 Å². The highest BCUT2D eigenvalue weighted by Gasteiger charge is 2.17. The predicted octanol–water partition coefficient (Wildman–Crippen LogP) is 1.04. The fraction of sp³-hybridized carbons (Fsp3) is 0.0909. The van der Waals surface area contributed by atoms with Gasteiger partial charge in [-0.1, -0.05) is 12.1 Å². The van der Waals surface area contributed by atoms with E-state index in [1.54, 1.807) is 30.3 Å². The number of rotatable bonds is 5. The number of furan rings is 1. The predicted molar refractivity (Wildman–Crippen MR) is 67.0 cm³/mol. The van der Waals surface area contributed by atoms with Crippen molar-refractivity contribution in [2.45, 2.75) is 11.4 Å². The maximum atomic E-state index is 12.1. The lowest BCUT2D eigenvalue weighted by Gasteiger charge is -2.09. The molecule has 4 N–H and O–H groups in total. The largest absolute Gasteiger partial charge is 0.468 e. The first kappa shape index (κ1) is 12.6. The van der Waals surface area contributed by atoms with E-state index >= 15 is 0 Å². The molecule has 96 valence electrons. The average Bonchev–Trinajstić information content (AvgIpc) is 2.89. The topological polar surface area (TPSA) is 97.4 Å². The molecule has 1 aromatic carbocycles. The number of nitrogens with two attached hydrogens (primary N) is 1. The first-order valence-corrected chi connectivity index (χ1v) is 6.69. The van der Waals surface area contributed by atoms with Crippen LogP contribution in [0.5, 0.6) is 0 Å². The van der Waals surface area contributed by atoms with Gasteiger partial charge in [0.25, 0.3) is 0 Å². The van der Waals surface area contributed by atoms with Gasteiger partial charge in [-0.05, 0) is 24.3 Å². The van der Waals surface area contributed by atoms with Crippen LogP contribution in [0.4, 0.5) is 5.69 Å². The van der Waals surface area contributed by atoms with Crippen molar-refractivity contribution in [3.63, 3.8) is 0 Å². The molecule has 1 aromatic heterocycles. The highest BCUT2D eigenvalue weighted by molar-refractivity contribution is 7.89.